The number of aliphatic hydroxyl groups excluding tert-OH is 1. The molecular weight excluding hydrogens is 420 g/mol. The molecule has 0 bridgehead atoms. The molecule has 2 N–H and O–H groups in total. The average Bonchev–Trinajstić information content (AvgIpc) is 2.82. The number of nitrogens with zero attached hydrogens (tertiary/aromatic N) is 1. The van der Waals surface area contributed by atoms with Crippen molar-refractivity contribution < 1.29 is 24.1 Å². The Morgan fingerprint density at radius 2 is 1.91 bits per heavy atom. The fourth-order valence-electron chi connectivity index (χ4n) is 4.77. The Hall–Kier alpha value is -2.45. The molecule has 0 unspecified atom stereocenters. The zero-order chi connectivity index (χ0) is 23.0. The van der Waals surface area contributed by atoms with Crippen molar-refractivity contribution in [3.8, 4) is 5.75 Å². The number of amides is 1. The quantitative estimate of drug-likeness (QED) is 0.669. The molecule has 2 aliphatic rings. The molecule has 33 heavy (non-hydrogen) atoms. The summed E-state index contributed by atoms with van der Waals surface area (Å²) in [5.74, 6) is 0.731. The van der Waals surface area contributed by atoms with Crippen LogP contribution >= 0.6 is 0 Å². The number of ether oxygens (including phenoxy) is 3. The molecule has 0 aliphatic carbocycles. The van der Waals surface area contributed by atoms with Gasteiger partial charge in [-0.2, -0.15) is 0 Å². The molecule has 2 heterocycles. The van der Waals surface area contributed by atoms with E-state index in [0.717, 1.165) is 30.7 Å². The van der Waals surface area contributed by atoms with Gasteiger partial charge < -0.3 is 24.6 Å². The predicted molar refractivity (Wildman–Crippen MR) is 125 cm³/mol. The highest BCUT2D eigenvalue weighted by Crippen LogP contribution is 2.29. The third-order valence-corrected chi connectivity index (χ3v) is 6.40. The summed E-state index contributed by atoms with van der Waals surface area (Å²) in [4.78, 5) is 14.9. The Morgan fingerprint density at radius 1 is 1.12 bits per heavy atom. The van der Waals surface area contributed by atoms with Gasteiger partial charge in [-0.1, -0.05) is 48.5 Å². The predicted octanol–water partition coefficient (Wildman–Crippen LogP) is 2.51. The molecule has 0 saturated carbocycles. The summed E-state index contributed by atoms with van der Waals surface area (Å²) in [5.41, 5.74) is 2.16. The summed E-state index contributed by atoms with van der Waals surface area (Å²) in [6, 6.07) is 18.1. The highest BCUT2D eigenvalue weighted by molar-refractivity contribution is 5.76. The molecule has 2 fully saturated rings. The molecule has 0 aromatic heterocycles. The molecule has 0 spiro atoms. The van der Waals surface area contributed by atoms with Gasteiger partial charge in [0.15, 0.2) is 0 Å². The van der Waals surface area contributed by atoms with Gasteiger partial charge in [0.05, 0.1) is 45.1 Å². The van der Waals surface area contributed by atoms with E-state index in [2.05, 4.69) is 22.3 Å². The lowest BCUT2D eigenvalue weighted by atomic mass is 9.94. The lowest BCUT2D eigenvalue weighted by Crippen LogP contribution is -2.55. The second-order valence-corrected chi connectivity index (χ2v) is 8.84. The van der Waals surface area contributed by atoms with Crippen LogP contribution in [0.3, 0.4) is 0 Å². The molecule has 0 radical (unpaired) electrons. The zero-order valence-electron chi connectivity index (χ0n) is 19.2. The van der Waals surface area contributed by atoms with Crippen LogP contribution < -0.4 is 10.1 Å². The molecular formula is C26H34N2O5. The number of hydrogen-bond acceptors (Lipinski definition) is 6. The van der Waals surface area contributed by atoms with Gasteiger partial charge in [0.25, 0.3) is 0 Å². The monoisotopic (exact) mass is 454 g/mol. The normalized spacial score (nSPS) is 26.0. The minimum atomic E-state index is -0.520. The number of nitrogens with one attached hydrogen (secondary N) is 1. The lowest BCUT2D eigenvalue weighted by Gasteiger charge is -2.44. The summed E-state index contributed by atoms with van der Waals surface area (Å²) in [6.45, 7) is 2.44. The van der Waals surface area contributed by atoms with Crippen molar-refractivity contribution in [3.63, 3.8) is 0 Å². The van der Waals surface area contributed by atoms with E-state index in [1.54, 1.807) is 7.11 Å². The van der Waals surface area contributed by atoms with Crippen LogP contribution in [0.1, 0.15) is 30.4 Å². The number of rotatable bonds is 7. The minimum absolute atomic E-state index is 0.0346. The van der Waals surface area contributed by atoms with Crippen LogP contribution in [-0.4, -0.2) is 67.1 Å². The second-order valence-electron chi connectivity index (χ2n) is 8.84. The summed E-state index contributed by atoms with van der Waals surface area (Å²) in [5, 5.41) is 13.3. The fraction of sp³-hybridized carbons (Fsp3) is 0.500. The molecule has 4 rings (SSSR count). The number of para-hydroxylation sites is 1. The largest absolute Gasteiger partial charge is 0.496 e. The first-order valence-corrected chi connectivity index (χ1v) is 11.7. The molecule has 2 aromatic carbocycles. The van der Waals surface area contributed by atoms with E-state index < -0.39 is 6.10 Å². The van der Waals surface area contributed by atoms with E-state index in [1.165, 1.54) is 5.56 Å². The Labute approximate surface area is 195 Å². The number of β-amino-alcohol motifs (C(OH)–C–C–N with tert-alkyl or cyclic N) is 1. The summed E-state index contributed by atoms with van der Waals surface area (Å²) in [7, 11) is 1.63. The van der Waals surface area contributed by atoms with E-state index in [0.29, 0.717) is 32.7 Å². The van der Waals surface area contributed by atoms with Crippen molar-refractivity contribution in [1.29, 1.82) is 0 Å². The van der Waals surface area contributed by atoms with E-state index >= 15 is 0 Å². The average molecular weight is 455 g/mol. The van der Waals surface area contributed by atoms with Gasteiger partial charge in [-0.05, 0) is 24.5 Å². The number of methoxy groups -OCH3 is 1. The number of carbonyl (C=O) groups excluding carboxylic acids is 1. The van der Waals surface area contributed by atoms with Gasteiger partial charge in [-0.3, -0.25) is 9.69 Å². The number of carbonyl (C=O) groups is 1. The first-order chi connectivity index (χ1) is 16.1. The van der Waals surface area contributed by atoms with Crippen molar-refractivity contribution in [3.05, 3.63) is 65.7 Å². The van der Waals surface area contributed by atoms with Crippen LogP contribution in [0.2, 0.25) is 0 Å². The number of aliphatic hydroxyl groups is 1. The topological polar surface area (TPSA) is 80.3 Å². The van der Waals surface area contributed by atoms with Crippen molar-refractivity contribution in [2.24, 2.45) is 0 Å². The smallest absolute Gasteiger partial charge is 0.222 e. The Bertz CT molecular complexity index is 893. The Balaban J connectivity index is 1.34. The molecule has 4 atom stereocenters. The van der Waals surface area contributed by atoms with Crippen LogP contribution in [-0.2, 0) is 27.4 Å². The van der Waals surface area contributed by atoms with Crippen LogP contribution in [0.25, 0.3) is 0 Å². The van der Waals surface area contributed by atoms with Crippen LogP contribution in [0, 0.1) is 0 Å². The first kappa shape index (κ1) is 23.7. The summed E-state index contributed by atoms with van der Waals surface area (Å²) in [6.07, 6.45) is 1.23. The highest BCUT2D eigenvalue weighted by Gasteiger charge is 2.38. The zero-order valence-corrected chi connectivity index (χ0v) is 19.2. The standard InChI is InChI=1S/C26H34N2O5/c1-31-24-10-6-5-9-20(24)14-27-26(30)13-22-11-12-23-25(33-22)18-32-17-21(29)16-28(23)15-19-7-3-2-4-8-19/h2-10,21-23,25,29H,11-18H2,1H3,(H,27,30)/t21-,22-,23-,25+/m0/s1. The Kier molecular flexibility index (Phi) is 8.34. The molecule has 7 nitrogen and oxygen atoms in total. The first-order valence-electron chi connectivity index (χ1n) is 11.7. The van der Waals surface area contributed by atoms with Gasteiger partial charge in [0.2, 0.25) is 5.91 Å². The molecule has 1 amide bonds. The van der Waals surface area contributed by atoms with Gasteiger partial charge in [0.1, 0.15) is 5.75 Å². The third-order valence-electron chi connectivity index (χ3n) is 6.40. The Morgan fingerprint density at radius 3 is 2.73 bits per heavy atom. The highest BCUT2D eigenvalue weighted by atomic mass is 16.5. The maximum Gasteiger partial charge on any atom is 0.222 e. The van der Waals surface area contributed by atoms with Crippen molar-refractivity contribution in [2.45, 2.75) is 56.7 Å². The molecule has 178 valence electrons. The van der Waals surface area contributed by atoms with Crippen LogP contribution in [0.4, 0.5) is 0 Å². The second kappa shape index (κ2) is 11.6. The molecule has 2 saturated heterocycles. The third kappa shape index (κ3) is 6.54. The molecule has 2 aliphatic heterocycles. The van der Waals surface area contributed by atoms with Crippen molar-refractivity contribution in [1.82, 2.24) is 10.2 Å². The van der Waals surface area contributed by atoms with E-state index in [9.17, 15) is 9.90 Å². The van der Waals surface area contributed by atoms with E-state index in [-0.39, 0.29) is 24.2 Å². The summed E-state index contributed by atoms with van der Waals surface area (Å²) >= 11 is 0. The van der Waals surface area contributed by atoms with Crippen LogP contribution in [0.15, 0.2) is 54.6 Å². The lowest BCUT2D eigenvalue weighted by molar-refractivity contribution is -0.158. The van der Waals surface area contributed by atoms with E-state index in [4.69, 9.17) is 14.2 Å². The number of fused-ring (bicyclic) bond motifs is 1. The molecule has 7 heteroatoms. The SMILES string of the molecule is COc1ccccc1CNC(=O)C[C@@H]1CC[C@H]2[C@@H](COC[C@@H](O)CN2Cc2ccccc2)O1. The number of hydrogen-bond donors (Lipinski definition) is 2. The molecule has 2 aromatic rings. The van der Waals surface area contributed by atoms with Crippen LogP contribution in [0.5, 0.6) is 5.75 Å². The van der Waals surface area contributed by atoms with E-state index in [1.807, 2.05) is 42.5 Å². The maximum absolute atomic E-state index is 12.6. The fourth-order valence-corrected chi connectivity index (χ4v) is 4.77. The van der Waals surface area contributed by atoms with Gasteiger partial charge >= 0.3 is 0 Å². The van der Waals surface area contributed by atoms with Gasteiger partial charge in [-0.15, -0.1) is 0 Å². The minimum Gasteiger partial charge on any atom is -0.496 e. The van der Waals surface area contributed by atoms with Gasteiger partial charge in [0, 0.05) is 31.2 Å². The maximum atomic E-state index is 12.6. The van der Waals surface area contributed by atoms with Crippen molar-refractivity contribution in [2.75, 3.05) is 26.9 Å². The summed E-state index contributed by atoms with van der Waals surface area (Å²) < 4.78 is 17.4. The van der Waals surface area contributed by atoms with Gasteiger partial charge in [-0.25, -0.2) is 0 Å². The number of benzene rings is 2. The van der Waals surface area contributed by atoms with Crippen molar-refractivity contribution >= 4 is 5.91 Å².